The van der Waals surface area contributed by atoms with Crippen molar-refractivity contribution in [1.29, 1.82) is 5.26 Å². The summed E-state index contributed by atoms with van der Waals surface area (Å²) in [5.41, 5.74) is 4.34. The monoisotopic (exact) mass is 523 g/mol. The van der Waals surface area contributed by atoms with Crippen LogP contribution in [0.15, 0.2) is 23.2 Å². The second-order valence-electron chi connectivity index (χ2n) is 9.61. The zero-order valence-electron chi connectivity index (χ0n) is 20.1. The predicted octanol–water partition coefficient (Wildman–Crippen LogP) is 6.11. The number of nitrogens with zero attached hydrogens (tertiary/aromatic N) is 4. The minimum atomic E-state index is -0.130. The summed E-state index contributed by atoms with van der Waals surface area (Å²) in [6.45, 7) is 9.05. The Bertz CT molecular complexity index is 1310. The summed E-state index contributed by atoms with van der Waals surface area (Å²) in [5.74, 6) is 2.28. The molecule has 0 radical (unpaired) electrons. The van der Waals surface area contributed by atoms with Gasteiger partial charge in [0.25, 0.3) is 0 Å². The molecule has 1 amide bonds. The summed E-state index contributed by atoms with van der Waals surface area (Å²) >= 11 is 4.75. The van der Waals surface area contributed by atoms with E-state index in [2.05, 4.69) is 52.0 Å². The number of carbonyl (C=O) groups excluding carboxylic acids is 1. The van der Waals surface area contributed by atoms with Gasteiger partial charge in [-0.25, -0.2) is 0 Å². The van der Waals surface area contributed by atoms with Crippen LogP contribution in [0.5, 0.6) is 0 Å². The fraction of sp³-hybridized carbons (Fsp3) is 0.462. The number of hydrogen-bond donors (Lipinski definition) is 1. The molecular formula is C26H29N5OS3. The van der Waals surface area contributed by atoms with Gasteiger partial charge >= 0.3 is 0 Å². The van der Waals surface area contributed by atoms with Gasteiger partial charge in [0.2, 0.25) is 5.91 Å². The number of fused-ring (bicyclic) bond motifs is 2. The summed E-state index contributed by atoms with van der Waals surface area (Å²) in [6.07, 6.45) is 8.24. The van der Waals surface area contributed by atoms with Crippen LogP contribution in [0.25, 0.3) is 11.4 Å². The lowest BCUT2D eigenvalue weighted by atomic mass is 9.88. The molecule has 1 N–H and O–H groups in total. The number of rotatable bonds is 7. The van der Waals surface area contributed by atoms with Crippen molar-refractivity contribution in [1.82, 2.24) is 14.8 Å². The highest BCUT2D eigenvalue weighted by Gasteiger charge is 2.26. The first-order chi connectivity index (χ1) is 17.0. The fourth-order valence-electron chi connectivity index (χ4n) is 5.00. The van der Waals surface area contributed by atoms with Crippen LogP contribution in [0.2, 0.25) is 0 Å². The molecular weight excluding hydrogens is 495 g/mol. The van der Waals surface area contributed by atoms with Crippen molar-refractivity contribution < 1.29 is 4.79 Å². The third-order valence-corrected chi connectivity index (χ3v) is 10.1. The topological polar surface area (TPSA) is 83.6 Å². The molecule has 0 saturated heterocycles. The highest BCUT2D eigenvalue weighted by molar-refractivity contribution is 7.99. The Labute approximate surface area is 218 Å². The highest BCUT2D eigenvalue weighted by atomic mass is 32.2. The number of anilines is 1. The Hall–Kier alpha value is -2.41. The van der Waals surface area contributed by atoms with Crippen molar-refractivity contribution >= 4 is 45.3 Å². The minimum absolute atomic E-state index is 0.130. The average Bonchev–Trinajstić information content (AvgIpc) is 3.52. The molecule has 2 unspecified atom stereocenters. The average molecular weight is 524 g/mol. The molecule has 3 heterocycles. The number of hydrogen-bond acceptors (Lipinski definition) is 7. The fourth-order valence-corrected chi connectivity index (χ4v) is 8.37. The van der Waals surface area contributed by atoms with Gasteiger partial charge in [-0.3, -0.25) is 9.36 Å². The quantitative estimate of drug-likeness (QED) is 0.299. The van der Waals surface area contributed by atoms with E-state index in [-0.39, 0.29) is 11.7 Å². The van der Waals surface area contributed by atoms with E-state index in [4.69, 9.17) is 0 Å². The molecule has 3 aromatic heterocycles. The van der Waals surface area contributed by atoms with Crippen molar-refractivity contribution in [3.63, 3.8) is 0 Å². The molecule has 5 rings (SSSR count). The second kappa shape index (κ2) is 10.3. The second-order valence-corrected chi connectivity index (χ2v) is 12.6. The Balaban J connectivity index is 1.31. The molecule has 2 aliphatic carbocycles. The lowest BCUT2D eigenvalue weighted by Crippen LogP contribution is -2.15. The SMILES string of the molecule is C=CCn1c(SCC(=O)Nc2sc3c(c2C#N)CCC(C)C3)nnc1-c1csc2c1CCC(C)C2. The Morgan fingerprint density at radius 2 is 2.00 bits per heavy atom. The van der Waals surface area contributed by atoms with Crippen molar-refractivity contribution in [2.75, 3.05) is 11.1 Å². The summed E-state index contributed by atoms with van der Waals surface area (Å²) < 4.78 is 2.05. The zero-order chi connectivity index (χ0) is 24.5. The van der Waals surface area contributed by atoms with E-state index in [1.54, 1.807) is 11.3 Å². The molecule has 0 aromatic carbocycles. The van der Waals surface area contributed by atoms with E-state index in [9.17, 15) is 10.1 Å². The van der Waals surface area contributed by atoms with Crippen molar-refractivity contribution in [2.45, 2.75) is 64.1 Å². The number of thioether (sulfide) groups is 1. The van der Waals surface area contributed by atoms with Gasteiger partial charge in [-0.15, -0.1) is 39.4 Å². The van der Waals surface area contributed by atoms with E-state index >= 15 is 0 Å². The number of amides is 1. The molecule has 0 fully saturated rings. The molecule has 3 aromatic rings. The standard InChI is InChI=1S/C26H29N5OS3/c1-4-9-31-24(20-13-33-21-10-15(2)6-8-18(20)21)29-30-26(31)34-14-23(32)28-25-19(12-27)17-7-5-16(3)11-22(17)35-25/h4,13,15-16H,1,5-11,14H2,2-3H3,(H,28,32). The number of thiophene rings is 2. The number of carbonyl (C=O) groups is 1. The lowest BCUT2D eigenvalue weighted by molar-refractivity contribution is -0.113. The van der Waals surface area contributed by atoms with Crippen LogP contribution in [0.1, 0.15) is 53.1 Å². The van der Waals surface area contributed by atoms with E-state index in [0.29, 0.717) is 28.2 Å². The highest BCUT2D eigenvalue weighted by Crippen LogP contribution is 2.40. The van der Waals surface area contributed by atoms with Crippen LogP contribution < -0.4 is 5.32 Å². The zero-order valence-corrected chi connectivity index (χ0v) is 22.5. The number of nitrogens with one attached hydrogen (secondary N) is 1. The molecule has 0 spiro atoms. The van der Waals surface area contributed by atoms with E-state index in [0.717, 1.165) is 49.4 Å². The molecule has 9 heteroatoms. The Morgan fingerprint density at radius 3 is 2.74 bits per heavy atom. The number of nitriles is 1. The van der Waals surface area contributed by atoms with Gasteiger partial charge in [0.15, 0.2) is 11.0 Å². The normalized spacial score (nSPS) is 19.0. The third-order valence-electron chi connectivity index (χ3n) is 6.88. The minimum Gasteiger partial charge on any atom is -0.316 e. The maximum atomic E-state index is 12.8. The largest absolute Gasteiger partial charge is 0.316 e. The van der Waals surface area contributed by atoms with E-state index in [1.165, 1.54) is 39.1 Å². The molecule has 0 bridgehead atoms. The van der Waals surface area contributed by atoms with Gasteiger partial charge in [-0.2, -0.15) is 5.26 Å². The summed E-state index contributed by atoms with van der Waals surface area (Å²) in [6, 6.07) is 2.32. The molecule has 0 saturated carbocycles. The van der Waals surface area contributed by atoms with Gasteiger partial charge in [-0.05, 0) is 61.5 Å². The first kappa shape index (κ1) is 24.3. The smallest absolute Gasteiger partial charge is 0.235 e. The maximum absolute atomic E-state index is 12.8. The van der Waals surface area contributed by atoms with E-state index < -0.39 is 0 Å². The molecule has 2 atom stereocenters. The Morgan fingerprint density at radius 1 is 1.26 bits per heavy atom. The molecule has 2 aliphatic rings. The first-order valence-electron chi connectivity index (χ1n) is 12.1. The van der Waals surface area contributed by atoms with Crippen molar-refractivity contribution in [2.24, 2.45) is 11.8 Å². The van der Waals surface area contributed by atoms with Crippen LogP contribution in [0, 0.1) is 23.2 Å². The third kappa shape index (κ3) is 4.84. The molecule has 0 aliphatic heterocycles. The molecule has 35 heavy (non-hydrogen) atoms. The first-order valence-corrected chi connectivity index (χ1v) is 14.8. The lowest BCUT2D eigenvalue weighted by Gasteiger charge is -2.19. The van der Waals surface area contributed by atoms with Gasteiger partial charge in [-0.1, -0.05) is 31.7 Å². The van der Waals surface area contributed by atoms with Gasteiger partial charge in [0, 0.05) is 27.2 Å². The van der Waals surface area contributed by atoms with E-state index in [1.807, 2.05) is 17.4 Å². The number of allylic oxidation sites excluding steroid dienone is 1. The van der Waals surface area contributed by atoms with Gasteiger partial charge in [0.1, 0.15) is 11.1 Å². The van der Waals surface area contributed by atoms with Crippen LogP contribution in [0.3, 0.4) is 0 Å². The number of aromatic nitrogens is 3. The van der Waals surface area contributed by atoms with Gasteiger partial charge in [0.05, 0.1) is 11.3 Å². The van der Waals surface area contributed by atoms with Crippen molar-refractivity contribution in [3.8, 4) is 17.5 Å². The molecule has 182 valence electrons. The molecule has 6 nitrogen and oxygen atoms in total. The predicted molar refractivity (Wildman–Crippen MR) is 144 cm³/mol. The Kier molecular flexibility index (Phi) is 7.14. The van der Waals surface area contributed by atoms with Crippen LogP contribution >= 0.6 is 34.4 Å². The summed E-state index contributed by atoms with van der Waals surface area (Å²) in [5, 5.41) is 25.3. The van der Waals surface area contributed by atoms with Crippen molar-refractivity contribution in [3.05, 3.63) is 44.5 Å². The summed E-state index contributed by atoms with van der Waals surface area (Å²) in [7, 11) is 0. The van der Waals surface area contributed by atoms with Crippen LogP contribution in [0.4, 0.5) is 5.00 Å². The van der Waals surface area contributed by atoms with Crippen LogP contribution in [-0.2, 0) is 37.0 Å². The maximum Gasteiger partial charge on any atom is 0.235 e. The summed E-state index contributed by atoms with van der Waals surface area (Å²) in [4.78, 5) is 15.6. The van der Waals surface area contributed by atoms with Crippen LogP contribution in [-0.4, -0.2) is 26.4 Å². The van der Waals surface area contributed by atoms with Gasteiger partial charge < -0.3 is 5.32 Å².